The first-order valence-electron chi connectivity index (χ1n) is 5.54. The van der Waals surface area contributed by atoms with Crippen LogP contribution in [0.2, 0.25) is 0 Å². The number of nitrogens with one attached hydrogen (secondary N) is 2. The number of hydrogen-bond donors (Lipinski definition) is 2. The molecule has 2 aliphatic heterocycles. The van der Waals surface area contributed by atoms with Crippen LogP contribution in [0.1, 0.15) is 23.3 Å². The van der Waals surface area contributed by atoms with Gasteiger partial charge in [-0.2, -0.15) is 0 Å². The number of likely N-dealkylation sites (tertiary alicyclic amines) is 1. The van der Waals surface area contributed by atoms with Gasteiger partial charge in [-0.1, -0.05) is 0 Å². The van der Waals surface area contributed by atoms with Crippen LogP contribution in [0, 0.1) is 0 Å². The standard InChI is InChI=1S/C11H15N3O/c15-11(9-2-1-5-12-9)14-7-4-8-10(14)3-6-13-8/h1-2,5,8,10,12-13H,3-4,6-7H2. The summed E-state index contributed by atoms with van der Waals surface area (Å²) in [7, 11) is 0. The lowest BCUT2D eigenvalue weighted by atomic mass is 10.1. The molecular formula is C11H15N3O. The van der Waals surface area contributed by atoms with Crippen molar-refractivity contribution in [1.29, 1.82) is 0 Å². The number of nitrogens with zero attached hydrogens (tertiary/aromatic N) is 1. The van der Waals surface area contributed by atoms with Crippen LogP contribution in [-0.2, 0) is 0 Å². The van der Waals surface area contributed by atoms with Crippen molar-refractivity contribution in [3.8, 4) is 0 Å². The molecule has 2 fully saturated rings. The fourth-order valence-corrected chi connectivity index (χ4v) is 2.74. The highest BCUT2D eigenvalue weighted by molar-refractivity contribution is 5.92. The monoisotopic (exact) mass is 205 g/mol. The van der Waals surface area contributed by atoms with Crippen LogP contribution in [0.3, 0.4) is 0 Å². The zero-order chi connectivity index (χ0) is 10.3. The Bertz CT molecular complexity index is 360. The van der Waals surface area contributed by atoms with Gasteiger partial charge in [0, 0.05) is 24.8 Å². The van der Waals surface area contributed by atoms with E-state index < -0.39 is 0 Å². The maximum atomic E-state index is 12.1. The third-order valence-electron chi connectivity index (χ3n) is 3.48. The second-order valence-corrected chi connectivity index (χ2v) is 4.29. The van der Waals surface area contributed by atoms with Crippen molar-refractivity contribution in [2.45, 2.75) is 24.9 Å². The van der Waals surface area contributed by atoms with Gasteiger partial charge in [-0.25, -0.2) is 0 Å². The van der Waals surface area contributed by atoms with Crippen LogP contribution in [0.15, 0.2) is 18.3 Å². The lowest BCUT2D eigenvalue weighted by Crippen LogP contribution is -2.38. The first-order valence-corrected chi connectivity index (χ1v) is 5.54. The Morgan fingerprint density at radius 3 is 3.20 bits per heavy atom. The summed E-state index contributed by atoms with van der Waals surface area (Å²) in [5.41, 5.74) is 0.711. The van der Waals surface area contributed by atoms with Gasteiger partial charge in [0.15, 0.2) is 0 Å². The van der Waals surface area contributed by atoms with Gasteiger partial charge in [-0.15, -0.1) is 0 Å². The molecule has 2 atom stereocenters. The molecule has 3 rings (SSSR count). The molecule has 0 aromatic carbocycles. The van der Waals surface area contributed by atoms with E-state index in [4.69, 9.17) is 0 Å². The smallest absolute Gasteiger partial charge is 0.270 e. The third kappa shape index (κ3) is 1.36. The molecule has 1 aromatic heterocycles. The number of H-pyrrole nitrogens is 1. The van der Waals surface area contributed by atoms with Gasteiger partial charge in [-0.05, 0) is 31.5 Å². The summed E-state index contributed by atoms with van der Waals surface area (Å²) in [6.45, 7) is 1.93. The number of amides is 1. The predicted octanol–water partition coefficient (Wildman–Crippen LogP) is 0.591. The van der Waals surface area contributed by atoms with Crippen LogP contribution in [0.4, 0.5) is 0 Å². The minimum Gasteiger partial charge on any atom is -0.357 e. The number of hydrogen-bond acceptors (Lipinski definition) is 2. The van der Waals surface area contributed by atoms with Gasteiger partial charge in [-0.3, -0.25) is 4.79 Å². The second kappa shape index (κ2) is 3.38. The quantitative estimate of drug-likeness (QED) is 0.705. The number of aromatic nitrogens is 1. The minimum absolute atomic E-state index is 0.149. The Balaban J connectivity index is 1.80. The summed E-state index contributed by atoms with van der Waals surface area (Å²) in [6.07, 6.45) is 3.99. The van der Waals surface area contributed by atoms with Crippen molar-refractivity contribution in [2.75, 3.05) is 13.1 Å². The second-order valence-electron chi connectivity index (χ2n) is 4.29. The number of carbonyl (C=O) groups excluding carboxylic acids is 1. The number of rotatable bonds is 1. The van der Waals surface area contributed by atoms with E-state index in [2.05, 4.69) is 10.3 Å². The van der Waals surface area contributed by atoms with Crippen molar-refractivity contribution in [1.82, 2.24) is 15.2 Å². The third-order valence-corrected chi connectivity index (χ3v) is 3.48. The number of carbonyl (C=O) groups is 1. The van der Waals surface area contributed by atoms with E-state index in [1.54, 1.807) is 6.20 Å². The average Bonchev–Trinajstić information content (AvgIpc) is 2.94. The summed E-state index contributed by atoms with van der Waals surface area (Å²) in [5.74, 6) is 0.149. The van der Waals surface area contributed by atoms with Crippen LogP contribution in [0.5, 0.6) is 0 Å². The molecule has 0 saturated carbocycles. The molecule has 80 valence electrons. The van der Waals surface area contributed by atoms with Crippen LogP contribution in [-0.4, -0.2) is 41.0 Å². The summed E-state index contributed by atoms with van der Waals surface area (Å²) < 4.78 is 0. The molecule has 1 aromatic rings. The summed E-state index contributed by atoms with van der Waals surface area (Å²) in [5, 5.41) is 3.44. The van der Waals surface area contributed by atoms with E-state index in [0.717, 1.165) is 25.9 Å². The summed E-state index contributed by atoms with van der Waals surface area (Å²) in [4.78, 5) is 17.1. The maximum Gasteiger partial charge on any atom is 0.270 e. The van der Waals surface area contributed by atoms with Crippen molar-refractivity contribution >= 4 is 5.91 Å². The van der Waals surface area contributed by atoms with Crippen molar-refractivity contribution in [3.63, 3.8) is 0 Å². The first kappa shape index (κ1) is 8.97. The lowest BCUT2D eigenvalue weighted by molar-refractivity contribution is 0.0732. The van der Waals surface area contributed by atoms with Crippen LogP contribution < -0.4 is 5.32 Å². The Morgan fingerprint density at radius 1 is 1.47 bits per heavy atom. The molecule has 15 heavy (non-hydrogen) atoms. The Hall–Kier alpha value is -1.29. The molecule has 2 saturated heterocycles. The Kier molecular flexibility index (Phi) is 2.02. The molecule has 0 aliphatic carbocycles. The minimum atomic E-state index is 0.149. The Morgan fingerprint density at radius 2 is 2.40 bits per heavy atom. The number of fused-ring (bicyclic) bond motifs is 1. The highest BCUT2D eigenvalue weighted by Crippen LogP contribution is 2.26. The molecule has 0 bridgehead atoms. The molecule has 3 heterocycles. The van der Waals surface area contributed by atoms with Gasteiger partial charge >= 0.3 is 0 Å². The van der Waals surface area contributed by atoms with E-state index in [-0.39, 0.29) is 5.91 Å². The zero-order valence-electron chi connectivity index (χ0n) is 8.57. The van der Waals surface area contributed by atoms with Gasteiger partial charge in [0.1, 0.15) is 5.69 Å². The van der Waals surface area contributed by atoms with Gasteiger partial charge in [0.05, 0.1) is 0 Å². The van der Waals surface area contributed by atoms with Crippen LogP contribution >= 0.6 is 0 Å². The molecule has 4 heteroatoms. The van der Waals surface area contributed by atoms with E-state index in [1.165, 1.54) is 0 Å². The zero-order valence-corrected chi connectivity index (χ0v) is 8.57. The maximum absolute atomic E-state index is 12.1. The molecule has 1 amide bonds. The summed E-state index contributed by atoms with van der Waals surface area (Å²) >= 11 is 0. The normalized spacial score (nSPS) is 29.5. The largest absolute Gasteiger partial charge is 0.357 e. The topological polar surface area (TPSA) is 48.1 Å². The van der Waals surface area contributed by atoms with Gasteiger partial charge in [0.2, 0.25) is 0 Å². The highest BCUT2D eigenvalue weighted by Gasteiger charge is 2.40. The van der Waals surface area contributed by atoms with Crippen molar-refractivity contribution in [3.05, 3.63) is 24.0 Å². The van der Waals surface area contributed by atoms with Crippen molar-refractivity contribution in [2.24, 2.45) is 0 Å². The lowest BCUT2D eigenvalue weighted by Gasteiger charge is -2.22. The predicted molar refractivity (Wildman–Crippen MR) is 56.6 cm³/mol. The molecule has 0 spiro atoms. The molecule has 4 nitrogen and oxygen atoms in total. The highest BCUT2D eigenvalue weighted by atomic mass is 16.2. The van der Waals surface area contributed by atoms with Crippen LogP contribution in [0.25, 0.3) is 0 Å². The molecule has 2 aliphatic rings. The van der Waals surface area contributed by atoms with Gasteiger partial charge < -0.3 is 15.2 Å². The summed E-state index contributed by atoms with van der Waals surface area (Å²) in [6, 6.07) is 4.66. The Labute approximate surface area is 88.7 Å². The fourth-order valence-electron chi connectivity index (χ4n) is 2.74. The number of aromatic amines is 1. The van der Waals surface area contributed by atoms with E-state index in [9.17, 15) is 4.79 Å². The van der Waals surface area contributed by atoms with E-state index in [1.807, 2.05) is 17.0 Å². The van der Waals surface area contributed by atoms with E-state index >= 15 is 0 Å². The van der Waals surface area contributed by atoms with Gasteiger partial charge in [0.25, 0.3) is 5.91 Å². The van der Waals surface area contributed by atoms with E-state index in [0.29, 0.717) is 17.8 Å². The SMILES string of the molecule is O=C(c1ccc[nH]1)N1CCC2NCCC21. The molecule has 2 unspecified atom stereocenters. The molecule has 0 radical (unpaired) electrons. The first-order chi connectivity index (χ1) is 7.36. The molecule has 2 N–H and O–H groups in total. The average molecular weight is 205 g/mol. The fraction of sp³-hybridized carbons (Fsp3) is 0.545. The van der Waals surface area contributed by atoms with Crippen molar-refractivity contribution < 1.29 is 4.79 Å². The molecular weight excluding hydrogens is 190 g/mol.